The van der Waals surface area contributed by atoms with Crippen molar-refractivity contribution in [2.75, 3.05) is 4.90 Å². The van der Waals surface area contributed by atoms with Crippen LogP contribution in [0.1, 0.15) is 0 Å². The molecule has 0 fully saturated rings. The zero-order chi connectivity index (χ0) is 33.5. The highest BCUT2D eigenvalue weighted by Crippen LogP contribution is 2.44. The van der Waals surface area contributed by atoms with Crippen molar-refractivity contribution in [3.05, 3.63) is 176 Å². The first-order valence-electron chi connectivity index (χ1n) is 17.3. The third-order valence-corrected chi connectivity index (χ3v) is 12.7. The number of rotatable bonds is 4. The summed E-state index contributed by atoms with van der Waals surface area (Å²) in [6.45, 7) is 0. The van der Waals surface area contributed by atoms with Gasteiger partial charge in [0.25, 0.3) is 0 Å². The normalized spacial score (nSPS) is 11.9. The van der Waals surface area contributed by atoms with E-state index in [-0.39, 0.29) is 0 Å². The topological polar surface area (TPSA) is 3.24 Å². The lowest BCUT2D eigenvalue weighted by atomic mass is 9.94. The molecule has 0 saturated heterocycles. The quantitative estimate of drug-likeness (QED) is 0.167. The standard InChI is InChI=1S/C48H29NS2/c1-2-8-38-31(7-1)13-14-32-15-16-34-27-33(19-24-39(34)48(32)38)30-17-20-35(21-18-30)49(36-22-25-42-40-9-3-5-11-44(40)50-46(42)28-36)37-23-26-43-41-10-4-6-12-45(41)51-47(43)29-37/h1-29H. The van der Waals surface area contributed by atoms with Gasteiger partial charge in [0.2, 0.25) is 0 Å². The molecule has 11 aromatic rings. The van der Waals surface area contributed by atoms with Crippen molar-refractivity contribution < 1.29 is 0 Å². The Bertz CT molecular complexity index is 3030. The lowest BCUT2D eigenvalue weighted by Gasteiger charge is -2.26. The molecule has 0 atom stereocenters. The Morgan fingerprint density at radius 2 is 0.765 bits per heavy atom. The average molecular weight is 684 g/mol. The molecule has 0 radical (unpaired) electrons. The van der Waals surface area contributed by atoms with Crippen LogP contribution in [-0.4, -0.2) is 0 Å². The zero-order valence-corrected chi connectivity index (χ0v) is 29.1. The van der Waals surface area contributed by atoms with Gasteiger partial charge in [-0.25, -0.2) is 0 Å². The minimum Gasteiger partial charge on any atom is -0.310 e. The zero-order valence-electron chi connectivity index (χ0n) is 27.5. The fourth-order valence-electron chi connectivity index (χ4n) is 7.97. The predicted molar refractivity (Wildman–Crippen MR) is 225 cm³/mol. The Labute approximate surface area is 302 Å². The third-order valence-electron chi connectivity index (χ3n) is 10.4. The highest BCUT2D eigenvalue weighted by molar-refractivity contribution is 7.26. The minimum absolute atomic E-state index is 1.14. The first-order valence-corrected chi connectivity index (χ1v) is 19.0. The van der Waals surface area contributed by atoms with E-state index in [1.54, 1.807) is 0 Å². The molecule has 51 heavy (non-hydrogen) atoms. The van der Waals surface area contributed by atoms with Crippen LogP contribution in [0.25, 0.3) is 83.8 Å². The fraction of sp³-hybridized carbons (Fsp3) is 0. The molecule has 0 saturated carbocycles. The molecule has 2 heterocycles. The molecule has 0 amide bonds. The van der Waals surface area contributed by atoms with Gasteiger partial charge in [-0.05, 0) is 98.0 Å². The van der Waals surface area contributed by atoms with Gasteiger partial charge in [-0.2, -0.15) is 0 Å². The monoisotopic (exact) mass is 683 g/mol. The van der Waals surface area contributed by atoms with Crippen LogP contribution in [0, 0.1) is 0 Å². The molecule has 0 aliphatic heterocycles. The summed E-state index contributed by atoms with van der Waals surface area (Å²) in [5, 5.41) is 13.0. The summed E-state index contributed by atoms with van der Waals surface area (Å²) in [5.74, 6) is 0. The van der Waals surface area contributed by atoms with Crippen molar-refractivity contribution in [2.45, 2.75) is 0 Å². The van der Waals surface area contributed by atoms with Crippen LogP contribution in [0.3, 0.4) is 0 Å². The van der Waals surface area contributed by atoms with Crippen LogP contribution < -0.4 is 4.90 Å². The molecule has 238 valence electrons. The van der Waals surface area contributed by atoms with Crippen LogP contribution in [0.5, 0.6) is 0 Å². The molecule has 0 N–H and O–H groups in total. The van der Waals surface area contributed by atoms with E-state index in [2.05, 4.69) is 181 Å². The van der Waals surface area contributed by atoms with Crippen molar-refractivity contribution in [1.82, 2.24) is 0 Å². The second-order valence-electron chi connectivity index (χ2n) is 13.3. The Morgan fingerprint density at radius 3 is 1.43 bits per heavy atom. The highest BCUT2D eigenvalue weighted by Gasteiger charge is 2.17. The summed E-state index contributed by atoms with van der Waals surface area (Å²) >= 11 is 3.73. The average Bonchev–Trinajstić information content (AvgIpc) is 3.75. The fourth-order valence-corrected chi connectivity index (χ4v) is 10.3. The summed E-state index contributed by atoms with van der Waals surface area (Å²) in [7, 11) is 0. The number of thiophene rings is 2. The maximum Gasteiger partial charge on any atom is 0.0476 e. The minimum atomic E-state index is 1.14. The molecule has 0 bridgehead atoms. The SMILES string of the molecule is c1ccc2c(c1)ccc1ccc3cc(-c4ccc(N(c5ccc6c(c5)sc5ccccc56)c5ccc6c(c5)sc5ccccc56)cc4)ccc3c12. The molecule has 9 aromatic carbocycles. The lowest BCUT2D eigenvalue weighted by molar-refractivity contribution is 1.30. The Morgan fingerprint density at radius 1 is 0.294 bits per heavy atom. The Balaban J connectivity index is 1.04. The number of anilines is 3. The predicted octanol–water partition coefficient (Wildman–Crippen LogP) is 15.0. The van der Waals surface area contributed by atoms with E-state index in [1.807, 2.05) is 22.7 Å². The first-order chi connectivity index (χ1) is 25.2. The van der Waals surface area contributed by atoms with Gasteiger partial charge in [0.15, 0.2) is 0 Å². The molecular weight excluding hydrogens is 655 g/mol. The van der Waals surface area contributed by atoms with Crippen molar-refractivity contribution in [3.8, 4) is 11.1 Å². The molecule has 0 spiro atoms. The summed E-state index contributed by atoms with van der Waals surface area (Å²) in [6.07, 6.45) is 0. The van der Waals surface area contributed by atoms with Gasteiger partial charge in [0, 0.05) is 57.4 Å². The van der Waals surface area contributed by atoms with E-state index in [1.165, 1.54) is 83.8 Å². The lowest BCUT2D eigenvalue weighted by Crippen LogP contribution is -2.09. The summed E-state index contributed by atoms with van der Waals surface area (Å²) in [6, 6.07) is 65.0. The van der Waals surface area contributed by atoms with Gasteiger partial charge in [-0.15, -0.1) is 22.7 Å². The molecule has 1 nitrogen and oxygen atoms in total. The molecular formula is C48H29NS2. The van der Waals surface area contributed by atoms with Crippen LogP contribution in [0.2, 0.25) is 0 Å². The number of nitrogens with zero attached hydrogens (tertiary/aromatic N) is 1. The van der Waals surface area contributed by atoms with E-state index < -0.39 is 0 Å². The van der Waals surface area contributed by atoms with Crippen LogP contribution in [-0.2, 0) is 0 Å². The Hall–Kier alpha value is -6.00. The molecule has 0 aliphatic rings. The summed E-state index contributed by atoms with van der Waals surface area (Å²) < 4.78 is 5.25. The number of hydrogen-bond donors (Lipinski definition) is 0. The molecule has 11 rings (SSSR count). The van der Waals surface area contributed by atoms with Gasteiger partial charge in [0.05, 0.1) is 0 Å². The third kappa shape index (κ3) is 4.59. The molecule has 3 heteroatoms. The summed E-state index contributed by atoms with van der Waals surface area (Å²) in [4.78, 5) is 2.41. The second kappa shape index (κ2) is 11.3. The largest absolute Gasteiger partial charge is 0.310 e. The van der Waals surface area contributed by atoms with E-state index in [0.29, 0.717) is 0 Å². The van der Waals surface area contributed by atoms with Gasteiger partial charge in [0.1, 0.15) is 0 Å². The van der Waals surface area contributed by atoms with E-state index in [0.717, 1.165) is 17.1 Å². The van der Waals surface area contributed by atoms with Crippen molar-refractivity contribution in [3.63, 3.8) is 0 Å². The van der Waals surface area contributed by atoms with Gasteiger partial charge < -0.3 is 4.90 Å². The molecule has 2 aromatic heterocycles. The summed E-state index contributed by atoms with van der Waals surface area (Å²) in [5.41, 5.74) is 5.88. The highest BCUT2D eigenvalue weighted by atomic mass is 32.1. The van der Waals surface area contributed by atoms with E-state index in [9.17, 15) is 0 Å². The number of benzene rings is 9. The van der Waals surface area contributed by atoms with Gasteiger partial charge in [-0.3, -0.25) is 0 Å². The van der Waals surface area contributed by atoms with Crippen LogP contribution >= 0.6 is 22.7 Å². The molecule has 0 aliphatic carbocycles. The van der Waals surface area contributed by atoms with Crippen molar-refractivity contribution in [2.24, 2.45) is 0 Å². The number of fused-ring (bicyclic) bond motifs is 11. The van der Waals surface area contributed by atoms with Gasteiger partial charge in [-0.1, -0.05) is 121 Å². The van der Waals surface area contributed by atoms with E-state index in [4.69, 9.17) is 0 Å². The van der Waals surface area contributed by atoms with E-state index >= 15 is 0 Å². The van der Waals surface area contributed by atoms with Crippen LogP contribution in [0.15, 0.2) is 176 Å². The smallest absolute Gasteiger partial charge is 0.0476 e. The van der Waals surface area contributed by atoms with Gasteiger partial charge >= 0.3 is 0 Å². The second-order valence-corrected chi connectivity index (χ2v) is 15.5. The van der Waals surface area contributed by atoms with Crippen molar-refractivity contribution in [1.29, 1.82) is 0 Å². The van der Waals surface area contributed by atoms with Crippen molar-refractivity contribution >= 4 is 112 Å². The van der Waals surface area contributed by atoms with Crippen LogP contribution in [0.4, 0.5) is 17.1 Å². The maximum atomic E-state index is 2.41. The number of hydrogen-bond acceptors (Lipinski definition) is 3. The molecule has 0 unspecified atom stereocenters. The Kier molecular flexibility index (Phi) is 6.36. The first kappa shape index (κ1) is 28.8. The maximum absolute atomic E-state index is 2.41.